The molecule has 0 aliphatic rings. The first-order chi connectivity index (χ1) is 11.2. The van der Waals surface area contributed by atoms with Gasteiger partial charge in [-0.15, -0.1) is 11.8 Å². The molecule has 128 valence electrons. The monoisotopic (exact) mass is 404 g/mol. The number of benzene rings is 2. The van der Waals surface area contributed by atoms with E-state index in [1.54, 1.807) is 31.2 Å². The molecule has 0 spiro atoms. The summed E-state index contributed by atoms with van der Waals surface area (Å²) in [7, 11) is -3.83. The number of nitrogens with one attached hydrogen (secondary N) is 1. The minimum Gasteiger partial charge on any atom is -0.325 e. The molecule has 3 N–H and O–H groups in total. The van der Waals surface area contributed by atoms with Crippen LogP contribution < -0.4 is 10.5 Å². The van der Waals surface area contributed by atoms with Crippen molar-refractivity contribution in [1.29, 1.82) is 0 Å². The Morgan fingerprint density at radius 3 is 2.33 bits per heavy atom. The van der Waals surface area contributed by atoms with Crippen molar-refractivity contribution in [2.24, 2.45) is 5.14 Å². The Morgan fingerprint density at radius 2 is 1.75 bits per heavy atom. The van der Waals surface area contributed by atoms with Crippen molar-refractivity contribution in [3.63, 3.8) is 0 Å². The van der Waals surface area contributed by atoms with E-state index in [-0.39, 0.29) is 10.8 Å². The van der Waals surface area contributed by atoms with Crippen LogP contribution in [0.1, 0.15) is 6.92 Å². The number of hydrogen-bond acceptors (Lipinski definition) is 4. The SMILES string of the molecule is C[C@H](Sc1c(Cl)cccc1Cl)C(=O)Nc1cccc(S(N)(=O)=O)c1. The Balaban J connectivity index is 2.12. The first kappa shape index (κ1) is 19.1. The summed E-state index contributed by atoms with van der Waals surface area (Å²) in [6.45, 7) is 1.70. The van der Waals surface area contributed by atoms with Crippen LogP contribution in [0.15, 0.2) is 52.3 Å². The molecule has 2 rings (SSSR count). The molecule has 0 unspecified atom stereocenters. The molecule has 0 heterocycles. The largest absolute Gasteiger partial charge is 0.325 e. The van der Waals surface area contributed by atoms with Crippen LogP contribution in [0.3, 0.4) is 0 Å². The zero-order valence-corrected chi connectivity index (χ0v) is 15.6. The van der Waals surface area contributed by atoms with E-state index in [1.165, 1.54) is 30.0 Å². The van der Waals surface area contributed by atoms with Gasteiger partial charge in [-0.05, 0) is 37.3 Å². The van der Waals surface area contributed by atoms with Crippen molar-refractivity contribution in [2.75, 3.05) is 5.32 Å². The molecule has 0 radical (unpaired) electrons. The summed E-state index contributed by atoms with van der Waals surface area (Å²) >= 11 is 13.4. The Morgan fingerprint density at radius 1 is 1.17 bits per heavy atom. The first-order valence-electron chi connectivity index (χ1n) is 6.73. The molecule has 2 aromatic carbocycles. The highest BCUT2D eigenvalue weighted by atomic mass is 35.5. The molecule has 5 nitrogen and oxygen atoms in total. The number of halogens is 2. The number of anilines is 1. The van der Waals surface area contributed by atoms with Gasteiger partial charge in [-0.3, -0.25) is 4.79 Å². The molecular weight excluding hydrogens is 391 g/mol. The lowest BCUT2D eigenvalue weighted by Gasteiger charge is -2.14. The van der Waals surface area contributed by atoms with E-state index < -0.39 is 15.3 Å². The minimum atomic E-state index is -3.83. The summed E-state index contributed by atoms with van der Waals surface area (Å²) in [4.78, 5) is 12.8. The van der Waals surface area contributed by atoms with Crippen LogP contribution in [0.5, 0.6) is 0 Å². The van der Waals surface area contributed by atoms with Crippen molar-refractivity contribution >= 4 is 56.6 Å². The van der Waals surface area contributed by atoms with E-state index in [0.29, 0.717) is 20.6 Å². The highest BCUT2D eigenvalue weighted by molar-refractivity contribution is 8.00. The zero-order chi connectivity index (χ0) is 17.9. The normalized spacial score (nSPS) is 12.7. The van der Waals surface area contributed by atoms with Gasteiger partial charge >= 0.3 is 0 Å². The van der Waals surface area contributed by atoms with Crippen LogP contribution in [0.2, 0.25) is 10.0 Å². The molecule has 24 heavy (non-hydrogen) atoms. The van der Waals surface area contributed by atoms with E-state index in [4.69, 9.17) is 28.3 Å². The van der Waals surface area contributed by atoms with E-state index in [1.807, 2.05) is 0 Å². The van der Waals surface area contributed by atoms with Crippen LogP contribution in [0.4, 0.5) is 5.69 Å². The van der Waals surface area contributed by atoms with Crippen molar-refractivity contribution in [2.45, 2.75) is 22.0 Å². The predicted molar refractivity (Wildman–Crippen MR) is 98.2 cm³/mol. The molecule has 2 aromatic rings. The van der Waals surface area contributed by atoms with E-state index in [2.05, 4.69) is 5.32 Å². The van der Waals surface area contributed by atoms with Gasteiger partial charge in [0.1, 0.15) is 0 Å². The summed E-state index contributed by atoms with van der Waals surface area (Å²) in [5, 5.41) is 8.15. The lowest BCUT2D eigenvalue weighted by atomic mass is 10.3. The van der Waals surface area contributed by atoms with Gasteiger partial charge in [0.05, 0.1) is 20.2 Å². The number of rotatable bonds is 5. The number of thioether (sulfide) groups is 1. The predicted octanol–water partition coefficient (Wildman–Crippen LogP) is 3.76. The second kappa shape index (κ2) is 7.76. The number of amides is 1. The summed E-state index contributed by atoms with van der Waals surface area (Å²) in [5.41, 5.74) is 0.337. The number of nitrogens with two attached hydrogens (primary N) is 1. The van der Waals surface area contributed by atoms with Gasteiger partial charge in [0.2, 0.25) is 15.9 Å². The molecule has 0 saturated carbocycles. The van der Waals surface area contributed by atoms with Crippen LogP contribution in [-0.2, 0) is 14.8 Å². The summed E-state index contributed by atoms with van der Waals surface area (Å²) < 4.78 is 22.7. The molecule has 0 fully saturated rings. The molecule has 1 atom stereocenters. The molecule has 0 aliphatic carbocycles. The smallest absolute Gasteiger partial charge is 0.238 e. The number of carbonyl (C=O) groups is 1. The minimum absolute atomic E-state index is 0.0743. The average Bonchev–Trinajstić information content (AvgIpc) is 2.50. The van der Waals surface area contributed by atoms with Crippen LogP contribution in [0, 0.1) is 0 Å². The molecule has 1 amide bonds. The molecular formula is C15H14Cl2N2O3S2. The van der Waals surface area contributed by atoms with E-state index in [9.17, 15) is 13.2 Å². The standard InChI is InChI=1S/C15H14Cl2N2O3S2/c1-9(23-14-12(16)6-3-7-13(14)17)15(20)19-10-4-2-5-11(8-10)24(18,21)22/h2-9H,1H3,(H,19,20)(H2,18,21,22)/t9-/m0/s1. The third-order valence-corrected chi connectivity index (χ3v) is 6.02. The molecule has 0 aliphatic heterocycles. The second-order valence-corrected chi connectivity index (χ2v) is 8.60. The maximum Gasteiger partial charge on any atom is 0.238 e. The van der Waals surface area contributed by atoms with Gasteiger partial charge in [-0.25, -0.2) is 13.6 Å². The van der Waals surface area contributed by atoms with Gasteiger partial charge in [-0.1, -0.05) is 35.3 Å². The Hall–Kier alpha value is -1.25. The van der Waals surface area contributed by atoms with Gasteiger partial charge in [0.15, 0.2) is 0 Å². The summed E-state index contributed by atoms with van der Waals surface area (Å²) in [5.74, 6) is -0.317. The van der Waals surface area contributed by atoms with Gasteiger partial charge in [0, 0.05) is 10.6 Å². The average molecular weight is 405 g/mol. The van der Waals surface area contributed by atoms with E-state index >= 15 is 0 Å². The fourth-order valence-corrected chi connectivity index (χ4v) is 3.93. The molecule has 9 heteroatoms. The maximum absolute atomic E-state index is 12.3. The third-order valence-electron chi connectivity index (χ3n) is 3.01. The highest BCUT2D eigenvalue weighted by Gasteiger charge is 2.18. The van der Waals surface area contributed by atoms with Crippen LogP contribution in [0.25, 0.3) is 0 Å². The summed E-state index contributed by atoms with van der Waals surface area (Å²) in [6.07, 6.45) is 0. The second-order valence-electron chi connectivity index (χ2n) is 4.87. The fraction of sp³-hybridized carbons (Fsp3) is 0.133. The third kappa shape index (κ3) is 4.87. The van der Waals surface area contributed by atoms with Crippen LogP contribution in [-0.4, -0.2) is 19.6 Å². The first-order valence-corrected chi connectivity index (χ1v) is 9.91. The molecule has 0 bridgehead atoms. The van der Waals surface area contributed by atoms with E-state index in [0.717, 1.165) is 0 Å². The lowest BCUT2D eigenvalue weighted by Crippen LogP contribution is -2.22. The number of primary sulfonamides is 1. The fourth-order valence-electron chi connectivity index (χ4n) is 1.82. The summed E-state index contributed by atoms with van der Waals surface area (Å²) in [6, 6.07) is 10.8. The Labute approximate surface area is 154 Å². The molecule has 0 saturated heterocycles. The van der Waals surface area contributed by atoms with Gasteiger partial charge in [-0.2, -0.15) is 0 Å². The van der Waals surface area contributed by atoms with Crippen molar-refractivity contribution in [1.82, 2.24) is 0 Å². The van der Waals surface area contributed by atoms with Crippen LogP contribution >= 0.6 is 35.0 Å². The quantitative estimate of drug-likeness (QED) is 0.742. The van der Waals surface area contributed by atoms with Crippen molar-refractivity contribution < 1.29 is 13.2 Å². The molecule has 0 aromatic heterocycles. The zero-order valence-electron chi connectivity index (χ0n) is 12.5. The topological polar surface area (TPSA) is 89.3 Å². The van der Waals surface area contributed by atoms with Crippen molar-refractivity contribution in [3.8, 4) is 0 Å². The lowest BCUT2D eigenvalue weighted by molar-refractivity contribution is -0.115. The number of carbonyl (C=O) groups excluding carboxylic acids is 1. The maximum atomic E-state index is 12.3. The van der Waals surface area contributed by atoms with Gasteiger partial charge in [0.25, 0.3) is 0 Å². The highest BCUT2D eigenvalue weighted by Crippen LogP contribution is 2.36. The number of sulfonamides is 1. The Bertz CT molecular complexity index is 853. The number of hydrogen-bond donors (Lipinski definition) is 2. The van der Waals surface area contributed by atoms with Crippen molar-refractivity contribution in [3.05, 3.63) is 52.5 Å². The van der Waals surface area contributed by atoms with Gasteiger partial charge < -0.3 is 5.32 Å². The Kier molecular flexibility index (Phi) is 6.17.